The monoisotopic (exact) mass is 547 g/mol. The average molecular weight is 548 g/mol. The summed E-state index contributed by atoms with van der Waals surface area (Å²) in [6, 6.07) is 13.1. The highest BCUT2D eigenvalue weighted by molar-refractivity contribution is 7.89. The molecule has 208 valence electrons. The Hall–Kier alpha value is -3.28. The van der Waals surface area contributed by atoms with E-state index >= 15 is 0 Å². The first-order chi connectivity index (χ1) is 17.6. The molecule has 0 radical (unpaired) electrons. The normalized spacial score (nSPS) is 14.3. The number of benzene rings is 2. The third-order valence-electron chi connectivity index (χ3n) is 5.65. The summed E-state index contributed by atoms with van der Waals surface area (Å²) in [4.78, 5) is 47.3. The Bertz CT molecular complexity index is 1240. The Labute approximate surface area is 224 Å². The Kier molecular flexibility index (Phi) is 9.82. The highest BCUT2D eigenvalue weighted by Gasteiger charge is 2.61. The molecule has 0 saturated heterocycles. The van der Waals surface area contributed by atoms with E-state index in [0.717, 1.165) is 10.5 Å². The van der Waals surface area contributed by atoms with Crippen LogP contribution in [-0.4, -0.2) is 74.0 Å². The van der Waals surface area contributed by atoms with Crippen LogP contribution in [0, 0.1) is 6.92 Å². The van der Waals surface area contributed by atoms with Gasteiger partial charge in [0.05, 0.1) is 10.9 Å². The summed E-state index contributed by atoms with van der Waals surface area (Å²) in [6.45, 7) is 8.04. The molecule has 0 aliphatic rings. The lowest BCUT2D eigenvalue weighted by molar-refractivity contribution is -0.188. The van der Waals surface area contributed by atoms with Crippen molar-refractivity contribution in [3.8, 4) is 0 Å². The molecule has 0 saturated carbocycles. The lowest BCUT2D eigenvalue weighted by Gasteiger charge is -2.40. The van der Waals surface area contributed by atoms with Crippen LogP contribution in [0.1, 0.15) is 38.8 Å². The van der Waals surface area contributed by atoms with Gasteiger partial charge in [0.25, 0.3) is 10.0 Å². The fraction of sp³-hybridized carbons (Fsp3) is 0.444. The number of sulfonamides is 1. The maximum Gasteiger partial charge on any atom is 0.429 e. The number of aryl methyl sites for hydroxylation is 1. The van der Waals surface area contributed by atoms with Gasteiger partial charge in [-0.25, -0.2) is 18.0 Å². The number of nitrogens with zero attached hydrogens (tertiary/aromatic N) is 2. The van der Waals surface area contributed by atoms with Gasteiger partial charge in [0.2, 0.25) is 5.54 Å². The first kappa shape index (κ1) is 30.9. The summed E-state index contributed by atoms with van der Waals surface area (Å²) < 4.78 is 34.2. The SMILES string of the molecule is CN[C@@H](C)C(=O)[C@](Cc1ccccc1)(C(=O)OC(C)(C)C)N(OC(=O)N(C)C)S(=O)(=O)c1ccc(C)cc1. The van der Waals surface area contributed by atoms with Crippen molar-refractivity contribution in [2.75, 3.05) is 21.1 Å². The van der Waals surface area contributed by atoms with Gasteiger partial charge in [-0.05, 0) is 59.4 Å². The van der Waals surface area contributed by atoms with Crippen LogP contribution in [0.4, 0.5) is 4.79 Å². The summed E-state index contributed by atoms with van der Waals surface area (Å²) in [5.74, 6) is -2.04. The molecular formula is C27H37N3O7S. The van der Waals surface area contributed by atoms with E-state index in [9.17, 15) is 22.8 Å². The smallest absolute Gasteiger partial charge is 0.429 e. The quantitative estimate of drug-likeness (QED) is 0.274. The first-order valence-corrected chi connectivity index (χ1v) is 13.5. The van der Waals surface area contributed by atoms with Crippen molar-refractivity contribution in [1.82, 2.24) is 14.7 Å². The lowest BCUT2D eigenvalue weighted by atomic mass is 9.84. The van der Waals surface area contributed by atoms with Gasteiger partial charge in [-0.2, -0.15) is 0 Å². The minimum absolute atomic E-state index is 0.226. The summed E-state index contributed by atoms with van der Waals surface area (Å²) in [5, 5.41) is 2.77. The number of hydrogen-bond donors (Lipinski definition) is 1. The van der Waals surface area contributed by atoms with E-state index in [1.165, 1.54) is 40.2 Å². The number of likely N-dealkylation sites (N-methyl/N-ethyl adjacent to an activating group) is 1. The maximum absolute atomic E-state index is 14.2. The Morgan fingerprint density at radius 3 is 2.00 bits per heavy atom. The molecule has 0 bridgehead atoms. The van der Waals surface area contributed by atoms with Crippen molar-refractivity contribution in [3.05, 3.63) is 65.7 Å². The molecule has 0 heterocycles. The number of Topliss-reactive ketones (excluding diaryl/α,β-unsaturated/α-hetero) is 1. The molecule has 11 heteroatoms. The molecule has 2 aromatic rings. The van der Waals surface area contributed by atoms with Crippen molar-refractivity contribution in [2.45, 2.75) is 63.1 Å². The number of hydroxylamine groups is 1. The zero-order chi connectivity index (χ0) is 28.9. The lowest BCUT2D eigenvalue weighted by Crippen LogP contribution is -2.68. The van der Waals surface area contributed by atoms with Crippen LogP contribution in [0.15, 0.2) is 59.5 Å². The number of nitrogens with one attached hydrogen (secondary N) is 1. The van der Waals surface area contributed by atoms with Gasteiger partial charge in [0.1, 0.15) is 5.60 Å². The van der Waals surface area contributed by atoms with Crippen LogP contribution in [0.3, 0.4) is 0 Å². The molecule has 0 aliphatic heterocycles. The van der Waals surface area contributed by atoms with Crippen molar-refractivity contribution in [3.63, 3.8) is 0 Å². The zero-order valence-corrected chi connectivity index (χ0v) is 24.0. The number of hydrogen-bond acceptors (Lipinski definition) is 8. The number of ether oxygens (including phenoxy) is 1. The van der Waals surface area contributed by atoms with Gasteiger partial charge in [0.15, 0.2) is 5.78 Å². The highest BCUT2D eigenvalue weighted by atomic mass is 32.2. The van der Waals surface area contributed by atoms with Crippen LogP contribution < -0.4 is 5.32 Å². The van der Waals surface area contributed by atoms with Gasteiger partial charge < -0.3 is 19.8 Å². The minimum Gasteiger partial charge on any atom is -0.458 e. The van der Waals surface area contributed by atoms with E-state index in [1.54, 1.807) is 70.2 Å². The second kappa shape index (κ2) is 12.1. The number of amides is 1. The van der Waals surface area contributed by atoms with Gasteiger partial charge >= 0.3 is 12.1 Å². The van der Waals surface area contributed by atoms with E-state index in [1.807, 2.05) is 0 Å². The molecule has 0 fully saturated rings. The third-order valence-corrected chi connectivity index (χ3v) is 7.34. The fourth-order valence-electron chi connectivity index (χ4n) is 3.52. The van der Waals surface area contributed by atoms with Crippen molar-refractivity contribution in [1.29, 1.82) is 0 Å². The standard InChI is InChI=1S/C27H37N3O7S/c1-19-14-16-22(17-15-19)38(34,35)30(37-25(33)29(7)8)27(23(31)20(2)28-6,24(32)36-26(3,4)5)18-21-12-10-9-11-13-21/h9-17,20,28H,18H2,1-8H3/t20-,27+/m0/s1. The van der Waals surface area contributed by atoms with Crippen molar-refractivity contribution in [2.24, 2.45) is 0 Å². The minimum atomic E-state index is -4.80. The van der Waals surface area contributed by atoms with Crippen molar-refractivity contribution >= 4 is 27.9 Å². The second-order valence-electron chi connectivity index (χ2n) is 10.2. The predicted molar refractivity (Wildman–Crippen MR) is 143 cm³/mol. The number of esters is 1. The van der Waals surface area contributed by atoms with Crippen LogP contribution in [0.25, 0.3) is 0 Å². The fourth-order valence-corrected chi connectivity index (χ4v) is 5.00. The molecule has 10 nitrogen and oxygen atoms in total. The number of carbonyl (C=O) groups excluding carboxylic acids is 3. The van der Waals surface area contributed by atoms with Crippen molar-refractivity contribution < 1.29 is 32.4 Å². The summed E-state index contributed by atoms with van der Waals surface area (Å²) >= 11 is 0. The predicted octanol–water partition coefficient (Wildman–Crippen LogP) is 3.10. The Morgan fingerprint density at radius 1 is 0.974 bits per heavy atom. The van der Waals surface area contributed by atoms with Gasteiger partial charge in [-0.1, -0.05) is 48.0 Å². The van der Waals surface area contributed by atoms with Gasteiger partial charge in [0, 0.05) is 25.0 Å². The van der Waals surface area contributed by atoms with E-state index in [4.69, 9.17) is 9.57 Å². The summed E-state index contributed by atoms with van der Waals surface area (Å²) in [7, 11) is -0.601. The second-order valence-corrected chi connectivity index (χ2v) is 11.9. The molecule has 1 amide bonds. The Morgan fingerprint density at radius 2 is 1.53 bits per heavy atom. The number of ketones is 1. The first-order valence-electron chi connectivity index (χ1n) is 12.1. The molecule has 38 heavy (non-hydrogen) atoms. The van der Waals surface area contributed by atoms with E-state index in [0.29, 0.717) is 5.56 Å². The van der Waals surface area contributed by atoms with Crippen LogP contribution in [0.5, 0.6) is 0 Å². The van der Waals surface area contributed by atoms with E-state index < -0.39 is 51.5 Å². The maximum atomic E-state index is 14.2. The number of rotatable bonds is 10. The molecule has 0 aliphatic carbocycles. The topological polar surface area (TPSA) is 122 Å². The molecule has 0 spiro atoms. The zero-order valence-electron chi connectivity index (χ0n) is 23.1. The number of carbonyl (C=O) groups is 3. The molecule has 0 aromatic heterocycles. The molecule has 1 N–H and O–H groups in total. The molecule has 2 rings (SSSR count). The van der Waals surface area contributed by atoms with Gasteiger partial charge in [-0.3, -0.25) is 4.79 Å². The van der Waals surface area contributed by atoms with Gasteiger partial charge in [-0.15, -0.1) is 0 Å². The van der Waals surface area contributed by atoms with Crippen LogP contribution >= 0.6 is 0 Å². The molecule has 0 unspecified atom stereocenters. The molecule has 2 atom stereocenters. The van der Waals surface area contributed by atoms with E-state index in [-0.39, 0.29) is 9.36 Å². The molecular weight excluding hydrogens is 510 g/mol. The van der Waals surface area contributed by atoms with Crippen LogP contribution in [0.2, 0.25) is 0 Å². The van der Waals surface area contributed by atoms with Crippen LogP contribution in [-0.2, 0) is 35.6 Å². The highest BCUT2D eigenvalue weighted by Crippen LogP contribution is 2.34. The average Bonchev–Trinajstić information content (AvgIpc) is 2.84. The van der Waals surface area contributed by atoms with E-state index in [2.05, 4.69) is 5.32 Å². The Balaban J connectivity index is 3.00. The third kappa shape index (κ3) is 6.97. The summed E-state index contributed by atoms with van der Waals surface area (Å²) in [5.41, 5.74) is -2.50. The molecule has 2 aromatic carbocycles. The largest absolute Gasteiger partial charge is 0.458 e. The summed E-state index contributed by atoms with van der Waals surface area (Å²) in [6.07, 6.45) is -1.56.